The minimum Gasteiger partial charge on any atom is -0.346 e. The first-order valence-electron chi connectivity index (χ1n) is 8.15. The summed E-state index contributed by atoms with van der Waals surface area (Å²) in [6.45, 7) is 5.50. The van der Waals surface area contributed by atoms with Gasteiger partial charge in [0.2, 0.25) is 6.29 Å². The standard InChI is InChI=1S/C19H22O3/c1-11-12(2)15-8-14(11)16-10-22-19(18(20)17(15)16)21-9-13-6-4-3-5-7-13/h3-7,14-17,19H,8-10H2,1-2H3/t14-,15+,16+,17-,19+/m0/s1. The van der Waals surface area contributed by atoms with E-state index in [1.165, 1.54) is 11.1 Å². The molecule has 116 valence electrons. The minimum atomic E-state index is -0.686. The summed E-state index contributed by atoms with van der Waals surface area (Å²) >= 11 is 0. The van der Waals surface area contributed by atoms with Crippen molar-refractivity contribution in [3.05, 3.63) is 47.0 Å². The van der Waals surface area contributed by atoms with E-state index in [9.17, 15) is 4.79 Å². The molecule has 0 N–H and O–H groups in total. The molecule has 0 radical (unpaired) electrons. The summed E-state index contributed by atoms with van der Waals surface area (Å²) in [4.78, 5) is 12.8. The van der Waals surface area contributed by atoms with Crippen LogP contribution in [0.4, 0.5) is 0 Å². The Morgan fingerprint density at radius 2 is 1.86 bits per heavy atom. The van der Waals surface area contributed by atoms with Gasteiger partial charge in [0.15, 0.2) is 5.78 Å². The predicted molar refractivity (Wildman–Crippen MR) is 82.9 cm³/mol. The lowest BCUT2D eigenvalue weighted by molar-refractivity contribution is -0.199. The lowest BCUT2D eigenvalue weighted by Gasteiger charge is -2.38. The number of rotatable bonds is 3. The smallest absolute Gasteiger partial charge is 0.218 e. The van der Waals surface area contributed by atoms with Crippen LogP contribution in [0.25, 0.3) is 0 Å². The summed E-state index contributed by atoms with van der Waals surface area (Å²) in [5.74, 6) is 1.62. The van der Waals surface area contributed by atoms with Crippen molar-refractivity contribution in [1.82, 2.24) is 0 Å². The molecule has 5 atom stereocenters. The highest BCUT2D eigenvalue weighted by molar-refractivity contribution is 5.86. The van der Waals surface area contributed by atoms with Gasteiger partial charge in [0.05, 0.1) is 13.2 Å². The molecule has 0 aromatic heterocycles. The van der Waals surface area contributed by atoms with Gasteiger partial charge in [0.1, 0.15) is 0 Å². The number of Topliss-reactive ketones (excluding diaryl/α,β-unsaturated/α-hetero) is 1. The normalized spacial score (nSPS) is 36.8. The SMILES string of the molecule is CC1=C(C)[C@@H]2C[C@H]1[C@@H]1C(=O)[C@H](OCc3ccccc3)OC[C@@H]12. The topological polar surface area (TPSA) is 35.5 Å². The third kappa shape index (κ3) is 2.07. The van der Waals surface area contributed by atoms with Crippen LogP contribution in [-0.2, 0) is 20.9 Å². The van der Waals surface area contributed by atoms with E-state index in [0.29, 0.717) is 31.0 Å². The van der Waals surface area contributed by atoms with Crippen molar-refractivity contribution in [3.8, 4) is 0 Å². The van der Waals surface area contributed by atoms with Gasteiger partial charge in [0.25, 0.3) is 0 Å². The van der Waals surface area contributed by atoms with E-state index in [0.717, 1.165) is 12.0 Å². The van der Waals surface area contributed by atoms with E-state index in [1.54, 1.807) is 0 Å². The Balaban J connectivity index is 1.47. The number of hydrogen-bond donors (Lipinski definition) is 0. The van der Waals surface area contributed by atoms with Crippen molar-refractivity contribution in [2.24, 2.45) is 23.7 Å². The molecule has 1 heterocycles. The number of benzene rings is 1. The average molecular weight is 298 g/mol. The average Bonchev–Trinajstić information content (AvgIpc) is 3.06. The first-order chi connectivity index (χ1) is 10.7. The van der Waals surface area contributed by atoms with E-state index in [2.05, 4.69) is 13.8 Å². The van der Waals surface area contributed by atoms with Crippen LogP contribution in [0, 0.1) is 23.7 Å². The van der Waals surface area contributed by atoms with Gasteiger partial charge in [-0.15, -0.1) is 0 Å². The van der Waals surface area contributed by atoms with Crippen molar-refractivity contribution in [3.63, 3.8) is 0 Å². The van der Waals surface area contributed by atoms with Crippen molar-refractivity contribution in [2.75, 3.05) is 6.61 Å². The Kier molecular flexibility index (Phi) is 3.43. The molecule has 3 nitrogen and oxygen atoms in total. The predicted octanol–water partition coefficient (Wildman–Crippen LogP) is 3.35. The van der Waals surface area contributed by atoms with E-state index in [-0.39, 0.29) is 11.7 Å². The summed E-state index contributed by atoms with van der Waals surface area (Å²) < 4.78 is 11.5. The third-order valence-electron chi connectivity index (χ3n) is 5.90. The van der Waals surface area contributed by atoms with Gasteiger partial charge in [-0.3, -0.25) is 4.79 Å². The first-order valence-corrected chi connectivity index (χ1v) is 8.15. The molecular weight excluding hydrogens is 276 g/mol. The molecule has 22 heavy (non-hydrogen) atoms. The maximum absolute atomic E-state index is 12.8. The number of fused-ring (bicyclic) bond motifs is 5. The van der Waals surface area contributed by atoms with Crippen molar-refractivity contribution >= 4 is 5.78 Å². The number of carbonyl (C=O) groups excluding carboxylic acids is 1. The van der Waals surface area contributed by atoms with Gasteiger partial charge in [-0.25, -0.2) is 0 Å². The van der Waals surface area contributed by atoms with Gasteiger partial charge in [-0.05, 0) is 43.6 Å². The molecule has 3 aliphatic rings. The molecule has 1 aromatic carbocycles. The molecule has 0 amide bonds. The van der Waals surface area contributed by atoms with Crippen LogP contribution >= 0.6 is 0 Å². The maximum atomic E-state index is 12.8. The Morgan fingerprint density at radius 3 is 2.64 bits per heavy atom. The summed E-state index contributed by atoms with van der Waals surface area (Å²) in [6, 6.07) is 9.94. The Bertz CT molecular complexity index is 619. The molecule has 2 aliphatic carbocycles. The summed E-state index contributed by atoms with van der Waals surface area (Å²) in [6.07, 6.45) is 0.446. The summed E-state index contributed by atoms with van der Waals surface area (Å²) in [7, 11) is 0. The quantitative estimate of drug-likeness (QED) is 0.803. The number of carbonyl (C=O) groups is 1. The zero-order valence-corrected chi connectivity index (χ0v) is 13.1. The Labute approximate surface area is 131 Å². The zero-order valence-electron chi connectivity index (χ0n) is 13.1. The van der Waals surface area contributed by atoms with E-state index >= 15 is 0 Å². The zero-order chi connectivity index (χ0) is 15.3. The molecule has 3 heteroatoms. The molecule has 0 unspecified atom stereocenters. The molecule has 1 saturated carbocycles. The molecule has 0 spiro atoms. The highest BCUT2D eigenvalue weighted by Gasteiger charge is 2.56. The Morgan fingerprint density at radius 1 is 1.14 bits per heavy atom. The van der Waals surface area contributed by atoms with Crippen LogP contribution in [0.15, 0.2) is 41.5 Å². The van der Waals surface area contributed by atoms with Gasteiger partial charge < -0.3 is 9.47 Å². The van der Waals surface area contributed by atoms with E-state index < -0.39 is 6.29 Å². The van der Waals surface area contributed by atoms with Gasteiger partial charge in [0, 0.05) is 5.92 Å². The van der Waals surface area contributed by atoms with Crippen molar-refractivity contribution in [2.45, 2.75) is 33.2 Å². The van der Waals surface area contributed by atoms with Gasteiger partial charge in [-0.1, -0.05) is 41.5 Å². The largest absolute Gasteiger partial charge is 0.346 e. The number of ether oxygens (including phenoxy) is 2. The second kappa shape index (κ2) is 5.32. The van der Waals surface area contributed by atoms with Crippen molar-refractivity contribution < 1.29 is 14.3 Å². The van der Waals surface area contributed by atoms with Crippen LogP contribution in [0.2, 0.25) is 0 Å². The van der Waals surface area contributed by atoms with Crippen LogP contribution in [-0.4, -0.2) is 18.7 Å². The fourth-order valence-electron chi connectivity index (χ4n) is 4.62. The minimum absolute atomic E-state index is 0.114. The van der Waals surface area contributed by atoms with Crippen LogP contribution in [0.3, 0.4) is 0 Å². The van der Waals surface area contributed by atoms with Crippen LogP contribution in [0.5, 0.6) is 0 Å². The fraction of sp³-hybridized carbons (Fsp3) is 0.526. The monoisotopic (exact) mass is 298 g/mol. The molecule has 4 rings (SSSR count). The van der Waals surface area contributed by atoms with Crippen molar-refractivity contribution in [1.29, 1.82) is 0 Å². The molecule has 1 aliphatic heterocycles. The van der Waals surface area contributed by atoms with Gasteiger partial charge in [-0.2, -0.15) is 0 Å². The van der Waals surface area contributed by atoms with E-state index in [1.807, 2.05) is 30.3 Å². The lowest BCUT2D eigenvalue weighted by atomic mass is 9.73. The highest BCUT2D eigenvalue weighted by Crippen LogP contribution is 2.56. The van der Waals surface area contributed by atoms with Gasteiger partial charge >= 0.3 is 0 Å². The fourth-order valence-corrected chi connectivity index (χ4v) is 4.62. The molecule has 1 aromatic rings. The highest BCUT2D eigenvalue weighted by atomic mass is 16.7. The molecule has 2 bridgehead atoms. The van der Waals surface area contributed by atoms with Crippen LogP contribution in [0.1, 0.15) is 25.8 Å². The summed E-state index contributed by atoms with van der Waals surface area (Å²) in [5, 5.41) is 0. The molecule has 2 fully saturated rings. The third-order valence-corrected chi connectivity index (χ3v) is 5.90. The lowest BCUT2D eigenvalue weighted by Crippen LogP contribution is -2.46. The Hall–Kier alpha value is -1.45. The second-order valence-corrected chi connectivity index (χ2v) is 6.87. The number of allylic oxidation sites excluding steroid dienone is 2. The molecule has 1 saturated heterocycles. The second-order valence-electron chi connectivity index (χ2n) is 6.87. The summed E-state index contributed by atoms with van der Waals surface area (Å²) in [5.41, 5.74) is 4.00. The number of hydrogen-bond acceptors (Lipinski definition) is 3. The molecular formula is C19H22O3. The first kappa shape index (κ1) is 14.2. The number of ketones is 1. The van der Waals surface area contributed by atoms with E-state index in [4.69, 9.17) is 9.47 Å². The maximum Gasteiger partial charge on any atom is 0.218 e. The van der Waals surface area contributed by atoms with Crippen LogP contribution < -0.4 is 0 Å².